The zero-order valence-electron chi connectivity index (χ0n) is 7.87. The lowest BCUT2D eigenvalue weighted by Crippen LogP contribution is -2.57. The van der Waals surface area contributed by atoms with Gasteiger partial charge in [0.15, 0.2) is 0 Å². The zero-order chi connectivity index (χ0) is 10.7. The monoisotopic (exact) mass is 242 g/mol. The Morgan fingerprint density at radius 1 is 1.29 bits per heavy atom. The van der Waals surface area contributed by atoms with Gasteiger partial charge in [0, 0.05) is 18.9 Å². The van der Waals surface area contributed by atoms with E-state index < -0.39 is 24.4 Å². The summed E-state index contributed by atoms with van der Waals surface area (Å²) in [4.78, 5) is 0. The van der Waals surface area contributed by atoms with Crippen molar-refractivity contribution in [3.8, 4) is 0 Å². The molecule has 1 rings (SSSR count). The van der Waals surface area contributed by atoms with Crippen LogP contribution < -0.4 is 0 Å². The third kappa shape index (κ3) is 2.61. The highest BCUT2D eigenvalue weighted by Crippen LogP contribution is 2.25. The van der Waals surface area contributed by atoms with Crippen molar-refractivity contribution in [2.24, 2.45) is 0 Å². The standard InChI is InChI=1S/C7H16O5P2/c1-3-5(8)7(12-14)6(9)4(11-3)2-10-13/h3-9H,2,13-14H2,1H3. The van der Waals surface area contributed by atoms with Gasteiger partial charge in [-0.3, -0.25) is 0 Å². The summed E-state index contributed by atoms with van der Waals surface area (Å²) in [5.74, 6) is 0. The highest BCUT2D eigenvalue weighted by molar-refractivity contribution is 7.10. The molecular weight excluding hydrogens is 226 g/mol. The highest BCUT2D eigenvalue weighted by atomic mass is 31.0. The fraction of sp³-hybridized carbons (Fsp3) is 1.00. The lowest BCUT2D eigenvalue weighted by Gasteiger charge is -2.40. The van der Waals surface area contributed by atoms with Crippen LogP contribution in [0.25, 0.3) is 0 Å². The van der Waals surface area contributed by atoms with Gasteiger partial charge in [-0.1, -0.05) is 0 Å². The number of hydrogen-bond acceptors (Lipinski definition) is 5. The maximum Gasteiger partial charge on any atom is 0.118 e. The highest BCUT2D eigenvalue weighted by Gasteiger charge is 2.42. The second-order valence-corrected chi connectivity index (χ2v) is 3.90. The summed E-state index contributed by atoms with van der Waals surface area (Å²) in [7, 11) is 4.13. The van der Waals surface area contributed by atoms with Gasteiger partial charge in [0.2, 0.25) is 0 Å². The van der Waals surface area contributed by atoms with Gasteiger partial charge in [0.25, 0.3) is 0 Å². The average Bonchev–Trinajstić information content (AvgIpc) is 2.16. The third-order valence-corrected chi connectivity index (χ3v) is 2.85. The van der Waals surface area contributed by atoms with Crippen molar-refractivity contribution >= 4 is 18.9 Å². The van der Waals surface area contributed by atoms with Gasteiger partial charge in [-0.2, -0.15) is 0 Å². The van der Waals surface area contributed by atoms with E-state index in [0.29, 0.717) is 0 Å². The molecular formula is C7H16O5P2. The summed E-state index contributed by atoms with van der Waals surface area (Å²) < 4.78 is 15.1. The minimum absolute atomic E-state index is 0.243. The van der Waals surface area contributed by atoms with E-state index >= 15 is 0 Å². The van der Waals surface area contributed by atoms with Crippen molar-refractivity contribution in [3.05, 3.63) is 0 Å². The topological polar surface area (TPSA) is 68.2 Å². The smallest absolute Gasteiger partial charge is 0.118 e. The predicted octanol–water partition coefficient (Wildman–Crippen LogP) is -0.523. The summed E-state index contributed by atoms with van der Waals surface area (Å²) in [5, 5.41) is 19.4. The van der Waals surface area contributed by atoms with Crippen LogP contribution >= 0.6 is 18.9 Å². The average molecular weight is 242 g/mol. The van der Waals surface area contributed by atoms with E-state index in [1.54, 1.807) is 6.92 Å². The van der Waals surface area contributed by atoms with Gasteiger partial charge in [-0.25, -0.2) is 0 Å². The van der Waals surface area contributed by atoms with Crippen LogP contribution in [0.3, 0.4) is 0 Å². The summed E-state index contributed by atoms with van der Waals surface area (Å²) in [6, 6.07) is 0. The molecule has 1 heterocycles. The van der Waals surface area contributed by atoms with Crippen molar-refractivity contribution in [2.75, 3.05) is 6.61 Å². The molecule has 5 nitrogen and oxygen atoms in total. The molecule has 1 saturated heterocycles. The van der Waals surface area contributed by atoms with E-state index in [1.165, 1.54) is 0 Å². The minimum Gasteiger partial charge on any atom is -0.388 e. The van der Waals surface area contributed by atoms with Crippen LogP contribution in [0.5, 0.6) is 0 Å². The van der Waals surface area contributed by atoms with Crippen LogP contribution in [0, 0.1) is 0 Å². The summed E-state index contributed by atoms with van der Waals surface area (Å²) in [6.07, 6.45) is -3.23. The van der Waals surface area contributed by atoms with E-state index in [0.717, 1.165) is 0 Å². The van der Waals surface area contributed by atoms with E-state index in [2.05, 4.69) is 9.47 Å². The van der Waals surface area contributed by atoms with Gasteiger partial charge >= 0.3 is 0 Å². The first kappa shape index (κ1) is 12.7. The first-order chi connectivity index (χ1) is 6.61. The van der Waals surface area contributed by atoms with Gasteiger partial charge in [0.1, 0.15) is 24.4 Å². The number of aliphatic hydroxyl groups is 2. The molecule has 0 aliphatic carbocycles. The van der Waals surface area contributed by atoms with Crippen molar-refractivity contribution < 1.29 is 24.0 Å². The van der Waals surface area contributed by atoms with Gasteiger partial charge in [-0.15, -0.1) is 0 Å². The Morgan fingerprint density at radius 3 is 2.43 bits per heavy atom. The molecule has 84 valence electrons. The molecule has 0 aromatic carbocycles. The van der Waals surface area contributed by atoms with Crippen LogP contribution in [-0.4, -0.2) is 47.3 Å². The Bertz CT molecular complexity index is 181. The fourth-order valence-electron chi connectivity index (χ4n) is 1.51. The van der Waals surface area contributed by atoms with Crippen LogP contribution in [0.2, 0.25) is 0 Å². The molecule has 1 aliphatic heterocycles. The first-order valence-electron chi connectivity index (χ1n) is 4.30. The molecule has 0 aromatic heterocycles. The second kappa shape index (κ2) is 5.66. The lowest BCUT2D eigenvalue weighted by atomic mass is 9.96. The molecule has 0 radical (unpaired) electrons. The molecule has 0 saturated carbocycles. The molecule has 14 heavy (non-hydrogen) atoms. The Labute approximate surface area is 87.7 Å². The second-order valence-electron chi connectivity index (χ2n) is 3.29. The maximum atomic E-state index is 9.74. The Kier molecular flexibility index (Phi) is 5.15. The lowest BCUT2D eigenvalue weighted by molar-refractivity contribution is -0.212. The molecule has 2 N–H and O–H groups in total. The molecule has 0 aromatic rings. The molecule has 7 atom stereocenters. The van der Waals surface area contributed by atoms with E-state index in [4.69, 9.17) is 13.8 Å². The van der Waals surface area contributed by atoms with Crippen molar-refractivity contribution in [3.63, 3.8) is 0 Å². The fourth-order valence-corrected chi connectivity index (χ4v) is 2.02. The quantitative estimate of drug-likeness (QED) is 0.652. The maximum absolute atomic E-state index is 9.74. The van der Waals surface area contributed by atoms with Crippen LogP contribution in [0.4, 0.5) is 0 Å². The largest absolute Gasteiger partial charge is 0.388 e. The molecule has 7 heteroatoms. The molecule has 0 bridgehead atoms. The van der Waals surface area contributed by atoms with Gasteiger partial charge in [-0.05, 0) is 6.92 Å². The zero-order valence-corrected chi connectivity index (χ0v) is 10.2. The minimum atomic E-state index is -0.890. The summed E-state index contributed by atoms with van der Waals surface area (Å²) >= 11 is 0. The van der Waals surface area contributed by atoms with Gasteiger partial charge < -0.3 is 24.0 Å². The number of hydrogen-bond donors (Lipinski definition) is 2. The van der Waals surface area contributed by atoms with Crippen LogP contribution in [-0.2, 0) is 13.8 Å². The van der Waals surface area contributed by atoms with Crippen molar-refractivity contribution in [1.82, 2.24) is 0 Å². The molecule has 1 fully saturated rings. The Hall–Kier alpha value is 0.660. The molecule has 0 spiro atoms. The van der Waals surface area contributed by atoms with Crippen molar-refractivity contribution in [2.45, 2.75) is 37.4 Å². The molecule has 1 aliphatic rings. The Balaban J connectivity index is 2.65. The van der Waals surface area contributed by atoms with E-state index in [-0.39, 0.29) is 12.7 Å². The Morgan fingerprint density at radius 2 is 1.93 bits per heavy atom. The number of aliphatic hydroxyl groups excluding tert-OH is 2. The molecule has 7 unspecified atom stereocenters. The van der Waals surface area contributed by atoms with E-state index in [1.807, 2.05) is 9.47 Å². The third-order valence-electron chi connectivity index (χ3n) is 2.34. The molecule has 0 amide bonds. The van der Waals surface area contributed by atoms with Gasteiger partial charge in [0.05, 0.1) is 12.7 Å². The summed E-state index contributed by atoms with van der Waals surface area (Å²) in [5.41, 5.74) is 0. The summed E-state index contributed by atoms with van der Waals surface area (Å²) in [6.45, 7) is 1.97. The van der Waals surface area contributed by atoms with Crippen LogP contribution in [0.15, 0.2) is 0 Å². The number of ether oxygens (including phenoxy) is 1. The number of rotatable bonds is 3. The normalized spacial score (nSPS) is 43.9. The van der Waals surface area contributed by atoms with Crippen LogP contribution in [0.1, 0.15) is 6.92 Å². The first-order valence-corrected chi connectivity index (χ1v) is 5.25. The SMILES string of the molecule is CC1OC(COP)C(O)C(OP)C1O. The van der Waals surface area contributed by atoms with Crippen molar-refractivity contribution in [1.29, 1.82) is 0 Å². The van der Waals surface area contributed by atoms with E-state index in [9.17, 15) is 10.2 Å². The predicted molar refractivity (Wildman–Crippen MR) is 56.6 cm³/mol.